The molecule has 2 N–H and O–H groups in total. The summed E-state index contributed by atoms with van der Waals surface area (Å²) >= 11 is 0. The zero-order valence-corrected chi connectivity index (χ0v) is 15.8. The lowest BCUT2D eigenvalue weighted by molar-refractivity contribution is -0.174. The molecule has 0 saturated heterocycles. The summed E-state index contributed by atoms with van der Waals surface area (Å²) in [6.07, 6.45) is 5.01. The van der Waals surface area contributed by atoms with Gasteiger partial charge in [-0.1, -0.05) is 26.8 Å². The number of ketones is 1. The number of aliphatic hydroxyl groups is 1. The van der Waals surface area contributed by atoms with Gasteiger partial charge in [0.2, 0.25) is 0 Å². The highest BCUT2D eigenvalue weighted by Gasteiger charge is 2.55. The van der Waals surface area contributed by atoms with Crippen molar-refractivity contribution < 1.29 is 24.5 Å². The van der Waals surface area contributed by atoms with E-state index in [2.05, 4.69) is 6.92 Å². The van der Waals surface area contributed by atoms with Gasteiger partial charge in [0.25, 0.3) is 0 Å². The first kappa shape index (κ1) is 19.9. The second-order valence-corrected chi connectivity index (χ2v) is 8.29. The molecule has 2 aliphatic carbocycles. The van der Waals surface area contributed by atoms with Gasteiger partial charge in [-0.15, -0.1) is 0 Å². The Morgan fingerprint density at radius 3 is 2.64 bits per heavy atom. The Labute approximate surface area is 149 Å². The number of carbonyl (C=O) groups is 2. The Bertz CT molecular complexity index is 614. The van der Waals surface area contributed by atoms with Gasteiger partial charge in [0, 0.05) is 17.9 Å². The highest BCUT2D eigenvalue weighted by Crippen LogP contribution is 2.53. The number of ether oxygens (including phenoxy) is 1. The molecule has 5 heteroatoms. The third kappa shape index (κ3) is 3.87. The van der Waals surface area contributed by atoms with Crippen molar-refractivity contribution in [1.29, 1.82) is 0 Å². The Morgan fingerprint density at radius 2 is 2.08 bits per heavy atom. The molecular formula is C20H30O5. The molecule has 140 valence electrons. The lowest BCUT2D eigenvalue weighted by atomic mass is 9.55. The smallest absolute Gasteiger partial charge is 0.331 e. The van der Waals surface area contributed by atoms with Crippen LogP contribution in [0, 0.1) is 17.3 Å². The first-order valence-corrected chi connectivity index (χ1v) is 8.98. The molecule has 2 rings (SSSR count). The Hall–Kier alpha value is -1.46. The lowest BCUT2D eigenvalue weighted by Crippen LogP contribution is -2.58. The van der Waals surface area contributed by atoms with Crippen LogP contribution in [0.1, 0.15) is 53.9 Å². The first-order chi connectivity index (χ1) is 11.5. The zero-order chi connectivity index (χ0) is 19.0. The number of carbonyl (C=O) groups excluding carboxylic acids is 1. The first-order valence-electron chi connectivity index (χ1n) is 8.98. The SMILES string of the molecule is CC(=CCOC1CCC2(C)CC(=O)C(C(C)C)=CC2C1(C)O)C(=O)O. The van der Waals surface area contributed by atoms with E-state index in [0.717, 1.165) is 12.0 Å². The van der Waals surface area contributed by atoms with Crippen LogP contribution in [0.25, 0.3) is 0 Å². The van der Waals surface area contributed by atoms with Gasteiger partial charge in [-0.2, -0.15) is 0 Å². The Balaban J connectivity index is 2.22. The maximum atomic E-state index is 12.5. The number of rotatable bonds is 5. The van der Waals surface area contributed by atoms with E-state index in [9.17, 15) is 14.7 Å². The number of hydrogen-bond acceptors (Lipinski definition) is 4. The number of fused-ring (bicyclic) bond motifs is 1. The van der Waals surface area contributed by atoms with Crippen LogP contribution in [-0.2, 0) is 14.3 Å². The lowest BCUT2D eigenvalue weighted by Gasteiger charge is -2.54. The number of allylic oxidation sites excluding steroid dienone is 1. The number of carboxylic acid groups (broad SMARTS) is 1. The van der Waals surface area contributed by atoms with E-state index >= 15 is 0 Å². The third-order valence-corrected chi connectivity index (χ3v) is 5.89. The fourth-order valence-corrected chi connectivity index (χ4v) is 4.27. The number of carboxylic acids is 1. The standard InChI is InChI=1S/C20H30O5/c1-12(2)14-10-16-19(4,11-15(14)21)8-6-17(20(16,5)24)25-9-7-13(3)18(22)23/h7,10,12,16-17,24H,6,8-9,11H2,1-5H3,(H,22,23). The van der Waals surface area contributed by atoms with Crippen molar-refractivity contribution >= 4 is 11.8 Å². The third-order valence-electron chi connectivity index (χ3n) is 5.89. The van der Waals surface area contributed by atoms with Crippen LogP contribution in [0.2, 0.25) is 0 Å². The molecule has 4 atom stereocenters. The van der Waals surface area contributed by atoms with Crippen LogP contribution in [0.5, 0.6) is 0 Å². The molecule has 1 fully saturated rings. The van der Waals surface area contributed by atoms with Gasteiger partial charge in [0.05, 0.1) is 18.3 Å². The van der Waals surface area contributed by atoms with Crippen molar-refractivity contribution in [2.75, 3.05) is 6.61 Å². The molecule has 0 bridgehead atoms. The van der Waals surface area contributed by atoms with Gasteiger partial charge in [0.1, 0.15) is 0 Å². The fraction of sp³-hybridized carbons (Fsp3) is 0.700. The largest absolute Gasteiger partial charge is 0.478 e. The van der Waals surface area contributed by atoms with E-state index in [1.165, 1.54) is 13.0 Å². The number of Topliss-reactive ketones (excluding diaryl/α,β-unsaturated/α-hetero) is 1. The molecule has 5 nitrogen and oxygen atoms in total. The minimum Gasteiger partial charge on any atom is -0.478 e. The molecule has 2 aliphatic rings. The predicted molar refractivity (Wildman–Crippen MR) is 95.1 cm³/mol. The monoisotopic (exact) mass is 350 g/mol. The van der Waals surface area contributed by atoms with Crippen LogP contribution in [-0.4, -0.2) is 40.3 Å². The molecule has 0 aromatic carbocycles. The molecule has 0 amide bonds. The molecule has 0 aromatic rings. The van der Waals surface area contributed by atoms with Gasteiger partial charge in [-0.25, -0.2) is 4.79 Å². The summed E-state index contributed by atoms with van der Waals surface area (Å²) in [6, 6.07) is 0. The fourth-order valence-electron chi connectivity index (χ4n) is 4.27. The van der Waals surface area contributed by atoms with Crippen molar-refractivity contribution in [3.63, 3.8) is 0 Å². The second kappa shape index (κ2) is 7.04. The predicted octanol–water partition coefficient (Wildman–Crippen LogP) is 3.13. The summed E-state index contributed by atoms with van der Waals surface area (Å²) in [7, 11) is 0. The van der Waals surface area contributed by atoms with Crippen molar-refractivity contribution in [1.82, 2.24) is 0 Å². The van der Waals surface area contributed by atoms with Crippen molar-refractivity contribution in [2.24, 2.45) is 17.3 Å². The van der Waals surface area contributed by atoms with Crippen molar-refractivity contribution in [2.45, 2.75) is 65.6 Å². The average Bonchev–Trinajstić information content (AvgIpc) is 2.48. The van der Waals surface area contributed by atoms with Crippen LogP contribution >= 0.6 is 0 Å². The maximum absolute atomic E-state index is 12.5. The minimum absolute atomic E-state index is 0.135. The van der Waals surface area contributed by atoms with Gasteiger partial charge in [-0.05, 0) is 49.7 Å². The highest BCUT2D eigenvalue weighted by molar-refractivity contribution is 5.97. The van der Waals surface area contributed by atoms with Gasteiger partial charge in [0.15, 0.2) is 5.78 Å². The summed E-state index contributed by atoms with van der Waals surface area (Å²) in [6.45, 7) is 9.52. The molecule has 0 radical (unpaired) electrons. The van der Waals surface area contributed by atoms with Crippen molar-refractivity contribution in [3.8, 4) is 0 Å². The van der Waals surface area contributed by atoms with Gasteiger partial charge < -0.3 is 14.9 Å². The van der Waals surface area contributed by atoms with Crippen LogP contribution in [0.3, 0.4) is 0 Å². The van der Waals surface area contributed by atoms with E-state index in [0.29, 0.717) is 12.8 Å². The number of aliphatic carboxylic acids is 1. The summed E-state index contributed by atoms with van der Waals surface area (Å²) < 4.78 is 5.83. The average molecular weight is 350 g/mol. The zero-order valence-electron chi connectivity index (χ0n) is 15.8. The van der Waals surface area contributed by atoms with E-state index in [1.807, 2.05) is 19.9 Å². The molecular weight excluding hydrogens is 320 g/mol. The van der Waals surface area contributed by atoms with E-state index < -0.39 is 11.6 Å². The van der Waals surface area contributed by atoms with Gasteiger partial charge >= 0.3 is 5.97 Å². The molecule has 1 saturated carbocycles. The highest BCUT2D eigenvalue weighted by atomic mass is 16.5. The Morgan fingerprint density at radius 1 is 1.44 bits per heavy atom. The maximum Gasteiger partial charge on any atom is 0.331 e. The molecule has 25 heavy (non-hydrogen) atoms. The summed E-state index contributed by atoms with van der Waals surface area (Å²) in [4.78, 5) is 23.3. The topological polar surface area (TPSA) is 83.8 Å². The summed E-state index contributed by atoms with van der Waals surface area (Å²) in [5.41, 5.74) is -0.333. The van der Waals surface area contributed by atoms with Crippen LogP contribution in [0.4, 0.5) is 0 Å². The van der Waals surface area contributed by atoms with Gasteiger partial charge in [-0.3, -0.25) is 4.79 Å². The quantitative estimate of drug-likeness (QED) is 0.744. The van der Waals surface area contributed by atoms with E-state index in [-0.39, 0.29) is 41.3 Å². The molecule has 0 aliphatic heterocycles. The van der Waals surface area contributed by atoms with Crippen LogP contribution < -0.4 is 0 Å². The normalized spacial score (nSPS) is 36.2. The number of hydrogen-bond donors (Lipinski definition) is 2. The molecule has 0 heterocycles. The van der Waals surface area contributed by atoms with Crippen molar-refractivity contribution in [3.05, 3.63) is 23.3 Å². The van der Waals surface area contributed by atoms with Crippen LogP contribution in [0.15, 0.2) is 23.3 Å². The second-order valence-electron chi connectivity index (χ2n) is 8.29. The van der Waals surface area contributed by atoms with E-state index in [4.69, 9.17) is 9.84 Å². The molecule has 0 aromatic heterocycles. The summed E-state index contributed by atoms with van der Waals surface area (Å²) in [5, 5.41) is 20.1. The molecule has 0 spiro atoms. The minimum atomic E-state index is -1.10. The Kier molecular flexibility index (Phi) is 5.59. The summed E-state index contributed by atoms with van der Waals surface area (Å²) in [5.74, 6) is -0.806. The van der Waals surface area contributed by atoms with E-state index in [1.54, 1.807) is 6.92 Å². The molecule has 4 unspecified atom stereocenters.